The van der Waals surface area contributed by atoms with Gasteiger partial charge in [0.2, 0.25) is 5.91 Å². The molecular formula is C20H22N4O2. The summed E-state index contributed by atoms with van der Waals surface area (Å²) in [6, 6.07) is 15.6. The van der Waals surface area contributed by atoms with Crippen LogP contribution in [0.2, 0.25) is 0 Å². The molecule has 0 spiro atoms. The lowest BCUT2D eigenvalue weighted by Crippen LogP contribution is -2.44. The molecule has 1 aromatic heterocycles. The summed E-state index contributed by atoms with van der Waals surface area (Å²) in [5.74, 6) is -0.0920. The maximum absolute atomic E-state index is 12.6. The SMILES string of the molecule is CN1CCN(c2ccccc2NC(=O)Cc2noc3ccccc23)CC1. The predicted molar refractivity (Wildman–Crippen MR) is 102 cm³/mol. The van der Waals surface area contributed by atoms with Crippen molar-refractivity contribution in [3.8, 4) is 0 Å². The number of hydrogen-bond donors (Lipinski definition) is 1. The number of rotatable bonds is 4. The molecule has 1 saturated heterocycles. The average molecular weight is 350 g/mol. The number of aromatic nitrogens is 1. The summed E-state index contributed by atoms with van der Waals surface area (Å²) in [6.45, 7) is 3.95. The molecule has 4 rings (SSSR count). The molecule has 6 nitrogen and oxygen atoms in total. The number of benzene rings is 2. The lowest BCUT2D eigenvalue weighted by atomic mass is 10.1. The van der Waals surface area contributed by atoms with Crippen LogP contribution in [0.15, 0.2) is 53.1 Å². The smallest absolute Gasteiger partial charge is 0.230 e. The molecule has 2 heterocycles. The monoisotopic (exact) mass is 350 g/mol. The van der Waals surface area contributed by atoms with Gasteiger partial charge in [0.15, 0.2) is 5.58 Å². The summed E-state index contributed by atoms with van der Waals surface area (Å²) in [7, 11) is 2.13. The largest absolute Gasteiger partial charge is 0.367 e. The first-order chi connectivity index (χ1) is 12.7. The Balaban J connectivity index is 1.49. The van der Waals surface area contributed by atoms with Gasteiger partial charge in [-0.1, -0.05) is 29.4 Å². The van der Waals surface area contributed by atoms with Crippen LogP contribution in [0.25, 0.3) is 11.0 Å². The lowest BCUT2D eigenvalue weighted by molar-refractivity contribution is -0.115. The summed E-state index contributed by atoms with van der Waals surface area (Å²) < 4.78 is 5.29. The number of carbonyl (C=O) groups is 1. The van der Waals surface area contributed by atoms with E-state index in [1.165, 1.54) is 0 Å². The van der Waals surface area contributed by atoms with Crippen LogP contribution >= 0.6 is 0 Å². The highest BCUT2D eigenvalue weighted by Crippen LogP contribution is 2.27. The fraction of sp³-hybridized carbons (Fsp3) is 0.300. The van der Waals surface area contributed by atoms with Gasteiger partial charge in [-0.05, 0) is 31.3 Å². The van der Waals surface area contributed by atoms with Crippen molar-refractivity contribution in [1.82, 2.24) is 10.1 Å². The molecule has 0 aliphatic carbocycles. The Morgan fingerprint density at radius 2 is 1.81 bits per heavy atom. The van der Waals surface area contributed by atoms with E-state index in [0.717, 1.165) is 42.9 Å². The molecule has 134 valence electrons. The Morgan fingerprint density at radius 3 is 2.65 bits per heavy atom. The highest BCUT2D eigenvalue weighted by atomic mass is 16.5. The Kier molecular flexibility index (Phi) is 4.58. The number of para-hydroxylation sites is 3. The zero-order valence-corrected chi connectivity index (χ0v) is 14.8. The number of likely N-dealkylation sites (N-methyl/N-ethyl adjacent to an activating group) is 1. The van der Waals surface area contributed by atoms with Gasteiger partial charge < -0.3 is 19.6 Å². The molecule has 0 saturated carbocycles. The molecule has 1 amide bonds. The first kappa shape index (κ1) is 16.6. The fourth-order valence-electron chi connectivity index (χ4n) is 3.31. The number of anilines is 2. The molecule has 0 bridgehead atoms. The number of fused-ring (bicyclic) bond motifs is 1. The number of nitrogens with zero attached hydrogens (tertiary/aromatic N) is 3. The molecule has 0 unspecified atom stereocenters. The molecule has 26 heavy (non-hydrogen) atoms. The van der Waals surface area contributed by atoms with Crippen LogP contribution in [-0.4, -0.2) is 49.2 Å². The van der Waals surface area contributed by atoms with Crippen molar-refractivity contribution in [2.45, 2.75) is 6.42 Å². The van der Waals surface area contributed by atoms with E-state index in [9.17, 15) is 4.79 Å². The third kappa shape index (κ3) is 3.41. The van der Waals surface area contributed by atoms with Crippen LogP contribution < -0.4 is 10.2 Å². The number of nitrogens with one attached hydrogen (secondary N) is 1. The van der Waals surface area contributed by atoms with E-state index >= 15 is 0 Å². The highest BCUT2D eigenvalue weighted by molar-refractivity contribution is 5.97. The van der Waals surface area contributed by atoms with Gasteiger partial charge in [-0.15, -0.1) is 0 Å². The predicted octanol–water partition coefficient (Wildman–Crippen LogP) is 2.76. The maximum Gasteiger partial charge on any atom is 0.230 e. The minimum absolute atomic E-state index is 0.0920. The van der Waals surface area contributed by atoms with Crippen molar-refractivity contribution < 1.29 is 9.32 Å². The molecular weight excluding hydrogens is 328 g/mol. The normalized spacial score (nSPS) is 15.3. The van der Waals surface area contributed by atoms with Crippen LogP contribution in [0.3, 0.4) is 0 Å². The average Bonchev–Trinajstić information content (AvgIpc) is 3.06. The van der Waals surface area contributed by atoms with Crippen molar-refractivity contribution >= 4 is 28.3 Å². The van der Waals surface area contributed by atoms with Gasteiger partial charge in [0.1, 0.15) is 5.69 Å². The molecule has 2 aromatic carbocycles. The second-order valence-electron chi connectivity index (χ2n) is 6.66. The topological polar surface area (TPSA) is 61.6 Å². The zero-order chi connectivity index (χ0) is 17.9. The van der Waals surface area contributed by atoms with Gasteiger partial charge in [0.05, 0.1) is 17.8 Å². The van der Waals surface area contributed by atoms with Crippen molar-refractivity contribution in [2.75, 3.05) is 43.4 Å². The summed E-state index contributed by atoms with van der Waals surface area (Å²) >= 11 is 0. The third-order valence-electron chi connectivity index (χ3n) is 4.80. The fourth-order valence-corrected chi connectivity index (χ4v) is 3.31. The van der Waals surface area contributed by atoms with Gasteiger partial charge in [-0.25, -0.2) is 0 Å². The van der Waals surface area contributed by atoms with Gasteiger partial charge in [-0.2, -0.15) is 0 Å². The minimum Gasteiger partial charge on any atom is -0.367 e. The molecule has 1 aliphatic heterocycles. The molecule has 1 fully saturated rings. The Morgan fingerprint density at radius 1 is 1.08 bits per heavy atom. The highest BCUT2D eigenvalue weighted by Gasteiger charge is 2.18. The van der Waals surface area contributed by atoms with E-state index in [0.29, 0.717) is 11.3 Å². The Hall–Kier alpha value is -2.86. The first-order valence-electron chi connectivity index (χ1n) is 8.86. The van der Waals surface area contributed by atoms with E-state index < -0.39 is 0 Å². The minimum atomic E-state index is -0.0920. The van der Waals surface area contributed by atoms with E-state index in [2.05, 4.69) is 33.4 Å². The first-order valence-corrected chi connectivity index (χ1v) is 8.86. The number of carbonyl (C=O) groups excluding carboxylic acids is 1. The molecule has 0 atom stereocenters. The van der Waals surface area contributed by atoms with Gasteiger partial charge in [-0.3, -0.25) is 4.79 Å². The van der Waals surface area contributed by atoms with Gasteiger partial charge in [0.25, 0.3) is 0 Å². The quantitative estimate of drug-likeness (QED) is 0.784. The van der Waals surface area contributed by atoms with E-state index in [1.807, 2.05) is 42.5 Å². The van der Waals surface area contributed by atoms with Crippen molar-refractivity contribution in [3.05, 3.63) is 54.2 Å². The molecule has 6 heteroatoms. The third-order valence-corrected chi connectivity index (χ3v) is 4.80. The molecule has 1 aliphatic rings. The van der Waals surface area contributed by atoms with Crippen LogP contribution in [0.1, 0.15) is 5.69 Å². The summed E-state index contributed by atoms with van der Waals surface area (Å²) in [4.78, 5) is 17.2. The number of hydrogen-bond acceptors (Lipinski definition) is 5. The molecule has 3 aromatic rings. The van der Waals surface area contributed by atoms with E-state index in [4.69, 9.17) is 4.52 Å². The van der Waals surface area contributed by atoms with Crippen LogP contribution in [-0.2, 0) is 11.2 Å². The van der Waals surface area contributed by atoms with Crippen LogP contribution in [0.4, 0.5) is 11.4 Å². The van der Waals surface area contributed by atoms with Crippen molar-refractivity contribution in [3.63, 3.8) is 0 Å². The van der Waals surface area contributed by atoms with E-state index in [1.54, 1.807) is 0 Å². The zero-order valence-electron chi connectivity index (χ0n) is 14.8. The standard InChI is InChI=1S/C20H22N4O2/c1-23-10-12-24(13-11-23)18-8-4-3-7-16(18)21-20(25)14-17-15-6-2-5-9-19(15)26-22-17/h2-9H,10-14H2,1H3,(H,21,25). The molecule has 1 N–H and O–H groups in total. The summed E-state index contributed by atoms with van der Waals surface area (Å²) in [5, 5.41) is 7.98. The van der Waals surface area contributed by atoms with Gasteiger partial charge in [0, 0.05) is 31.6 Å². The van der Waals surface area contributed by atoms with Crippen molar-refractivity contribution in [2.24, 2.45) is 0 Å². The van der Waals surface area contributed by atoms with Crippen LogP contribution in [0.5, 0.6) is 0 Å². The van der Waals surface area contributed by atoms with E-state index in [-0.39, 0.29) is 12.3 Å². The Labute approximate surface area is 152 Å². The summed E-state index contributed by atoms with van der Waals surface area (Å²) in [5.41, 5.74) is 3.28. The maximum atomic E-state index is 12.6. The number of piperazine rings is 1. The molecule has 0 radical (unpaired) electrons. The second kappa shape index (κ2) is 7.17. The lowest BCUT2D eigenvalue weighted by Gasteiger charge is -2.35. The van der Waals surface area contributed by atoms with Crippen molar-refractivity contribution in [1.29, 1.82) is 0 Å². The number of amides is 1. The van der Waals surface area contributed by atoms with Gasteiger partial charge >= 0.3 is 0 Å². The second-order valence-corrected chi connectivity index (χ2v) is 6.66. The Bertz CT molecular complexity index is 913. The van der Waals surface area contributed by atoms with Crippen LogP contribution in [0, 0.1) is 0 Å². The summed E-state index contributed by atoms with van der Waals surface area (Å²) in [6.07, 6.45) is 0.189.